The second-order valence-corrected chi connectivity index (χ2v) is 6.41. The van der Waals surface area contributed by atoms with Crippen LogP contribution in [0.2, 0.25) is 0 Å². The lowest BCUT2D eigenvalue weighted by Gasteiger charge is -2.01. The lowest BCUT2D eigenvalue weighted by molar-refractivity contribution is 1.07. The van der Waals surface area contributed by atoms with Crippen LogP contribution in [0.1, 0.15) is 5.56 Å². The van der Waals surface area contributed by atoms with Gasteiger partial charge in [0.05, 0.1) is 10.6 Å². The molecule has 0 saturated carbocycles. The number of benzene rings is 1. The second-order valence-electron chi connectivity index (χ2n) is 4.25. The van der Waals surface area contributed by atoms with Crippen molar-refractivity contribution in [1.82, 2.24) is 9.97 Å². The molecule has 0 fully saturated rings. The first kappa shape index (κ1) is 10.5. The van der Waals surface area contributed by atoms with E-state index in [1.807, 2.05) is 29.3 Å². The third kappa shape index (κ3) is 1.49. The molecule has 3 aromatic rings. The Balaban J connectivity index is 2.09. The Morgan fingerprint density at radius 2 is 2.11 bits per heavy atom. The zero-order chi connectivity index (χ0) is 11.9. The highest BCUT2D eigenvalue weighted by molar-refractivity contribution is 7.99. The Morgan fingerprint density at radius 3 is 3.11 bits per heavy atom. The van der Waals surface area contributed by atoms with Crippen molar-refractivity contribution in [3.8, 4) is 10.6 Å². The molecule has 4 heteroatoms. The normalized spacial score (nSPS) is 14.0. The number of fused-ring (bicyclic) bond motifs is 5. The fraction of sp³-hybridized carbons (Fsp3) is 0.143. The first-order valence-corrected chi connectivity index (χ1v) is 7.67. The minimum absolute atomic E-state index is 1.05. The topological polar surface area (TPSA) is 25.8 Å². The van der Waals surface area contributed by atoms with Crippen LogP contribution in [0, 0.1) is 0 Å². The van der Waals surface area contributed by atoms with Crippen molar-refractivity contribution >= 4 is 33.2 Å². The van der Waals surface area contributed by atoms with Gasteiger partial charge in [-0.1, -0.05) is 18.2 Å². The van der Waals surface area contributed by atoms with Gasteiger partial charge in [-0.2, -0.15) is 0 Å². The Bertz CT molecular complexity index is 733. The summed E-state index contributed by atoms with van der Waals surface area (Å²) in [5.41, 5.74) is 2.40. The summed E-state index contributed by atoms with van der Waals surface area (Å²) in [5.74, 6) is 1.11. The fourth-order valence-electron chi connectivity index (χ4n) is 2.33. The Kier molecular flexibility index (Phi) is 2.38. The first-order chi connectivity index (χ1) is 8.93. The van der Waals surface area contributed by atoms with Crippen molar-refractivity contribution < 1.29 is 0 Å². The summed E-state index contributed by atoms with van der Waals surface area (Å²) >= 11 is 3.79. The summed E-state index contributed by atoms with van der Waals surface area (Å²) in [6, 6.07) is 8.62. The summed E-state index contributed by atoms with van der Waals surface area (Å²) in [4.78, 5) is 11.4. The first-order valence-electron chi connectivity index (χ1n) is 5.87. The number of hydrogen-bond donors (Lipinski definition) is 0. The molecular formula is C14H10N2S2. The van der Waals surface area contributed by atoms with E-state index in [1.54, 1.807) is 6.33 Å². The van der Waals surface area contributed by atoms with Gasteiger partial charge < -0.3 is 0 Å². The van der Waals surface area contributed by atoms with Gasteiger partial charge in [0.25, 0.3) is 0 Å². The molecule has 0 unspecified atom stereocenters. The quantitative estimate of drug-likeness (QED) is 0.617. The molecule has 4 rings (SSSR count). The molecular weight excluding hydrogens is 260 g/mol. The van der Waals surface area contributed by atoms with Crippen LogP contribution in [0.5, 0.6) is 0 Å². The van der Waals surface area contributed by atoms with Crippen molar-refractivity contribution in [1.29, 1.82) is 0 Å². The van der Waals surface area contributed by atoms with Gasteiger partial charge in [0.2, 0.25) is 0 Å². The average molecular weight is 270 g/mol. The van der Waals surface area contributed by atoms with Crippen LogP contribution >= 0.6 is 23.1 Å². The molecule has 3 heterocycles. The van der Waals surface area contributed by atoms with Crippen molar-refractivity contribution in [2.75, 3.05) is 5.75 Å². The van der Waals surface area contributed by atoms with Gasteiger partial charge in [0.15, 0.2) is 0 Å². The lowest BCUT2D eigenvalue weighted by atomic mass is 10.1. The third-order valence-electron chi connectivity index (χ3n) is 3.17. The number of nitrogens with zero attached hydrogens (tertiary/aromatic N) is 2. The lowest BCUT2D eigenvalue weighted by Crippen LogP contribution is -1.92. The van der Waals surface area contributed by atoms with Crippen LogP contribution in [-0.4, -0.2) is 15.7 Å². The van der Waals surface area contributed by atoms with Gasteiger partial charge in [-0.25, -0.2) is 9.97 Å². The maximum atomic E-state index is 4.50. The van der Waals surface area contributed by atoms with Crippen LogP contribution in [0.15, 0.2) is 41.7 Å². The minimum atomic E-state index is 1.05. The zero-order valence-electron chi connectivity index (χ0n) is 9.59. The van der Waals surface area contributed by atoms with E-state index in [4.69, 9.17) is 0 Å². The maximum Gasteiger partial charge on any atom is 0.116 e. The van der Waals surface area contributed by atoms with Gasteiger partial charge in [-0.05, 0) is 18.1 Å². The zero-order valence-corrected chi connectivity index (χ0v) is 11.2. The SMILES string of the molecule is c1ccc2c3c(sc2c1)-c1ncncc1CCS3. The highest BCUT2D eigenvalue weighted by Crippen LogP contribution is 2.46. The van der Waals surface area contributed by atoms with Crippen LogP contribution in [0.25, 0.3) is 20.7 Å². The number of hydrogen-bond acceptors (Lipinski definition) is 4. The molecule has 18 heavy (non-hydrogen) atoms. The van der Waals surface area contributed by atoms with E-state index in [0.29, 0.717) is 0 Å². The second kappa shape index (κ2) is 4.07. The van der Waals surface area contributed by atoms with Gasteiger partial charge in [-0.3, -0.25) is 0 Å². The molecule has 2 aromatic heterocycles. The standard InChI is InChI=1S/C14H10N2S2/c1-2-4-11-10(3-1)13-14(18-11)12-9(5-6-17-13)7-15-8-16-12/h1-4,7-8H,5-6H2. The molecule has 0 bridgehead atoms. The van der Waals surface area contributed by atoms with Crippen molar-refractivity contribution in [2.45, 2.75) is 11.3 Å². The highest BCUT2D eigenvalue weighted by Gasteiger charge is 2.20. The number of aryl methyl sites for hydroxylation is 1. The molecule has 0 amide bonds. The van der Waals surface area contributed by atoms with Crippen molar-refractivity contribution in [3.05, 3.63) is 42.4 Å². The van der Waals surface area contributed by atoms with E-state index in [2.05, 4.69) is 34.2 Å². The smallest absolute Gasteiger partial charge is 0.116 e. The molecule has 0 N–H and O–H groups in total. The summed E-state index contributed by atoms with van der Waals surface area (Å²) in [6.45, 7) is 0. The van der Waals surface area contributed by atoms with Crippen molar-refractivity contribution in [3.63, 3.8) is 0 Å². The van der Waals surface area contributed by atoms with Crippen LogP contribution in [-0.2, 0) is 6.42 Å². The van der Waals surface area contributed by atoms with Crippen LogP contribution in [0.3, 0.4) is 0 Å². The number of aromatic nitrogens is 2. The largest absolute Gasteiger partial charge is 0.244 e. The Morgan fingerprint density at radius 1 is 1.17 bits per heavy atom. The van der Waals surface area contributed by atoms with E-state index in [9.17, 15) is 0 Å². The molecule has 1 aliphatic rings. The van der Waals surface area contributed by atoms with Gasteiger partial charge in [-0.15, -0.1) is 23.1 Å². The summed E-state index contributed by atoms with van der Waals surface area (Å²) in [6.07, 6.45) is 4.67. The van der Waals surface area contributed by atoms with E-state index >= 15 is 0 Å². The highest BCUT2D eigenvalue weighted by atomic mass is 32.2. The van der Waals surface area contributed by atoms with E-state index in [1.165, 1.54) is 25.4 Å². The molecule has 0 saturated heterocycles. The average Bonchev–Trinajstić information content (AvgIpc) is 2.69. The molecule has 88 valence electrons. The van der Waals surface area contributed by atoms with Gasteiger partial charge in [0, 0.05) is 26.9 Å². The minimum Gasteiger partial charge on any atom is -0.244 e. The maximum absolute atomic E-state index is 4.50. The summed E-state index contributed by atoms with van der Waals surface area (Å²) in [5, 5.41) is 1.37. The van der Waals surface area contributed by atoms with Crippen LogP contribution in [0.4, 0.5) is 0 Å². The molecule has 0 aliphatic carbocycles. The molecule has 0 spiro atoms. The molecule has 0 radical (unpaired) electrons. The summed E-state index contributed by atoms with van der Waals surface area (Å²) in [7, 11) is 0. The summed E-state index contributed by atoms with van der Waals surface area (Å²) < 4.78 is 1.35. The predicted molar refractivity (Wildman–Crippen MR) is 77.3 cm³/mol. The van der Waals surface area contributed by atoms with Gasteiger partial charge >= 0.3 is 0 Å². The number of rotatable bonds is 0. The van der Waals surface area contributed by atoms with Crippen molar-refractivity contribution in [2.24, 2.45) is 0 Å². The molecule has 1 aliphatic heterocycles. The Hall–Kier alpha value is -1.39. The molecule has 0 atom stereocenters. The molecule has 1 aromatic carbocycles. The number of thioether (sulfide) groups is 1. The van der Waals surface area contributed by atoms with E-state index < -0.39 is 0 Å². The molecule has 2 nitrogen and oxygen atoms in total. The predicted octanol–water partition coefficient (Wildman–Crippen LogP) is 4.01. The van der Waals surface area contributed by atoms with Crippen LogP contribution < -0.4 is 0 Å². The monoisotopic (exact) mass is 270 g/mol. The van der Waals surface area contributed by atoms with Gasteiger partial charge in [0.1, 0.15) is 6.33 Å². The van der Waals surface area contributed by atoms with E-state index in [-0.39, 0.29) is 0 Å². The Labute approximate surface area is 113 Å². The van der Waals surface area contributed by atoms with E-state index in [0.717, 1.165) is 17.9 Å². The third-order valence-corrected chi connectivity index (χ3v) is 5.60. The number of thiophene rings is 1. The fourth-order valence-corrected chi connectivity index (χ4v) is 4.91.